The minimum absolute atomic E-state index is 0.419. The summed E-state index contributed by atoms with van der Waals surface area (Å²) in [5.41, 5.74) is 8.44. The number of hydrogen-bond acceptors (Lipinski definition) is 3. The van der Waals surface area contributed by atoms with Crippen LogP contribution < -0.4 is 5.73 Å². The van der Waals surface area contributed by atoms with Gasteiger partial charge in [0.05, 0.1) is 5.69 Å². The number of rotatable bonds is 4. The van der Waals surface area contributed by atoms with Crippen molar-refractivity contribution in [3.63, 3.8) is 0 Å². The van der Waals surface area contributed by atoms with E-state index in [1.54, 1.807) is 6.20 Å². The van der Waals surface area contributed by atoms with Crippen molar-refractivity contribution in [1.82, 2.24) is 14.7 Å². The second kappa shape index (κ2) is 6.41. The zero-order chi connectivity index (χ0) is 14.7. The van der Waals surface area contributed by atoms with Gasteiger partial charge in [-0.3, -0.25) is 4.90 Å². The predicted octanol–water partition coefficient (Wildman–Crippen LogP) is 2.57. The molecule has 0 bridgehead atoms. The zero-order valence-corrected chi connectivity index (χ0v) is 12.7. The van der Waals surface area contributed by atoms with Gasteiger partial charge in [-0.05, 0) is 56.5 Å². The van der Waals surface area contributed by atoms with Crippen molar-refractivity contribution >= 4 is 0 Å². The lowest BCUT2D eigenvalue weighted by Gasteiger charge is -2.33. The second-order valence-corrected chi connectivity index (χ2v) is 6.10. The maximum atomic E-state index is 5.99. The van der Waals surface area contributed by atoms with Gasteiger partial charge in [0, 0.05) is 31.0 Å². The van der Waals surface area contributed by atoms with Crippen molar-refractivity contribution in [2.75, 3.05) is 7.05 Å². The molecule has 2 aromatic rings. The highest BCUT2D eigenvalue weighted by molar-refractivity contribution is 5.33. The van der Waals surface area contributed by atoms with E-state index in [1.165, 1.54) is 18.4 Å². The van der Waals surface area contributed by atoms with Gasteiger partial charge in [0.1, 0.15) is 0 Å². The van der Waals surface area contributed by atoms with Crippen molar-refractivity contribution in [2.24, 2.45) is 5.73 Å². The fraction of sp³-hybridized carbons (Fsp3) is 0.471. The largest absolute Gasteiger partial charge is 0.328 e. The van der Waals surface area contributed by atoms with Crippen molar-refractivity contribution < 1.29 is 0 Å². The van der Waals surface area contributed by atoms with Gasteiger partial charge in [0.15, 0.2) is 0 Å². The van der Waals surface area contributed by atoms with E-state index in [-0.39, 0.29) is 0 Å². The first kappa shape index (κ1) is 14.3. The fourth-order valence-electron chi connectivity index (χ4n) is 3.14. The van der Waals surface area contributed by atoms with Crippen molar-refractivity contribution in [1.29, 1.82) is 0 Å². The Hall–Kier alpha value is -1.65. The third-order valence-corrected chi connectivity index (χ3v) is 4.50. The van der Waals surface area contributed by atoms with E-state index in [0.29, 0.717) is 12.1 Å². The molecule has 1 aliphatic rings. The van der Waals surface area contributed by atoms with Crippen LogP contribution in [-0.4, -0.2) is 33.8 Å². The summed E-state index contributed by atoms with van der Waals surface area (Å²) in [6, 6.07) is 11.7. The summed E-state index contributed by atoms with van der Waals surface area (Å²) in [4.78, 5) is 2.47. The molecular formula is C17H24N4. The van der Waals surface area contributed by atoms with E-state index in [1.807, 2.05) is 16.9 Å². The van der Waals surface area contributed by atoms with Gasteiger partial charge in [0.25, 0.3) is 0 Å². The molecule has 0 amide bonds. The summed E-state index contributed by atoms with van der Waals surface area (Å²) < 4.78 is 1.88. The molecule has 2 N–H and O–H groups in total. The van der Waals surface area contributed by atoms with Crippen molar-refractivity contribution in [2.45, 2.75) is 44.3 Å². The number of aromatic nitrogens is 2. The average molecular weight is 284 g/mol. The lowest BCUT2D eigenvalue weighted by molar-refractivity contribution is 0.176. The standard InChI is InChI=1S/C17H24N4/c1-20(16-9-5-15(18)6-10-16)13-14-3-7-17(8-4-14)21-12-2-11-19-21/h2-4,7-8,11-12,15-16H,5-6,9-10,13,18H2,1H3. The molecule has 0 radical (unpaired) electrons. The lowest BCUT2D eigenvalue weighted by Crippen LogP contribution is -2.38. The van der Waals surface area contributed by atoms with E-state index in [4.69, 9.17) is 5.73 Å². The van der Waals surface area contributed by atoms with Crippen LogP contribution >= 0.6 is 0 Å². The highest BCUT2D eigenvalue weighted by Crippen LogP contribution is 2.22. The van der Waals surface area contributed by atoms with Gasteiger partial charge in [-0.1, -0.05) is 12.1 Å². The Morgan fingerprint density at radius 3 is 2.52 bits per heavy atom. The van der Waals surface area contributed by atoms with Gasteiger partial charge < -0.3 is 5.73 Å². The monoisotopic (exact) mass is 284 g/mol. The zero-order valence-electron chi connectivity index (χ0n) is 12.7. The highest BCUT2D eigenvalue weighted by atomic mass is 15.3. The molecule has 1 fully saturated rings. The molecule has 0 aliphatic heterocycles. The first-order chi connectivity index (χ1) is 10.2. The molecule has 0 saturated heterocycles. The van der Waals surface area contributed by atoms with Crippen molar-refractivity contribution in [3.05, 3.63) is 48.3 Å². The Morgan fingerprint density at radius 1 is 1.19 bits per heavy atom. The molecule has 1 heterocycles. The number of nitrogens with zero attached hydrogens (tertiary/aromatic N) is 3. The molecule has 21 heavy (non-hydrogen) atoms. The molecule has 1 saturated carbocycles. The molecule has 0 spiro atoms. The molecule has 0 unspecified atom stereocenters. The van der Waals surface area contributed by atoms with Crippen LogP contribution in [0.2, 0.25) is 0 Å². The molecule has 1 aromatic carbocycles. The summed E-state index contributed by atoms with van der Waals surface area (Å²) in [6.45, 7) is 0.999. The first-order valence-electron chi connectivity index (χ1n) is 7.77. The third kappa shape index (κ3) is 3.52. The third-order valence-electron chi connectivity index (χ3n) is 4.50. The Balaban J connectivity index is 1.60. The maximum absolute atomic E-state index is 5.99. The summed E-state index contributed by atoms with van der Waals surface area (Å²) in [5.74, 6) is 0. The van der Waals surface area contributed by atoms with Crippen LogP contribution in [0, 0.1) is 0 Å². The SMILES string of the molecule is CN(Cc1ccc(-n2cccn2)cc1)C1CCC(N)CC1. The molecule has 3 rings (SSSR count). The van der Waals surface area contributed by atoms with Gasteiger partial charge in [-0.2, -0.15) is 5.10 Å². The van der Waals surface area contributed by atoms with Crippen LogP contribution in [0.25, 0.3) is 5.69 Å². The van der Waals surface area contributed by atoms with Crippen LogP contribution in [0.5, 0.6) is 0 Å². The van der Waals surface area contributed by atoms with Crippen molar-refractivity contribution in [3.8, 4) is 5.69 Å². The van der Waals surface area contributed by atoms with Crippen LogP contribution in [0.3, 0.4) is 0 Å². The van der Waals surface area contributed by atoms with Gasteiger partial charge >= 0.3 is 0 Å². The van der Waals surface area contributed by atoms with Gasteiger partial charge in [0.2, 0.25) is 0 Å². The maximum Gasteiger partial charge on any atom is 0.0645 e. The Morgan fingerprint density at radius 2 is 1.90 bits per heavy atom. The minimum Gasteiger partial charge on any atom is -0.328 e. The first-order valence-corrected chi connectivity index (χ1v) is 7.77. The number of hydrogen-bond donors (Lipinski definition) is 1. The molecule has 4 heteroatoms. The van der Waals surface area contributed by atoms with E-state index in [2.05, 4.69) is 41.3 Å². The van der Waals surface area contributed by atoms with E-state index < -0.39 is 0 Å². The van der Waals surface area contributed by atoms with Crippen LogP contribution in [-0.2, 0) is 6.54 Å². The molecular weight excluding hydrogens is 260 g/mol. The molecule has 1 aliphatic carbocycles. The summed E-state index contributed by atoms with van der Waals surface area (Å²) >= 11 is 0. The Kier molecular flexibility index (Phi) is 4.36. The van der Waals surface area contributed by atoms with Gasteiger partial charge in [-0.25, -0.2) is 4.68 Å². The molecule has 112 valence electrons. The molecule has 1 aromatic heterocycles. The van der Waals surface area contributed by atoms with Crippen LogP contribution in [0.15, 0.2) is 42.7 Å². The van der Waals surface area contributed by atoms with E-state index in [9.17, 15) is 0 Å². The molecule has 4 nitrogen and oxygen atoms in total. The second-order valence-electron chi connectivity index (χ2n) is 6.10. The topological polar surface area (TPSA) is 47.1 Å². The number of benzene rings is 1. The predicted molar refractivity (Wildman–Crippen MR) is 85.3 cm³/mol. The highest BCUT2D eigenvalue weighted by Gasteiger charge is 2.21. The fourth-order valence-corrected chi connectivity index (χ4v) is 3.14. The normalized spacial score (nSPS) is 22.6. The summed E-state index contributed by atoms with van der Waals surface area (Å²) in [7, 11) is 2.23. The summed E-state index contributed by atoms with van der Waals surface area (Å²) in [5, 5.41) is 4.25. The van der Waals surface area contributed by atoms with E-state index in [0.717, 1.165) is 25.1 Å². The van der Waals surface area contributed by atoms with Crippen LogP contribution in [0.4, 0.5) is 0 Å². The number of nitrogens with two attached hydrogens (primary N) is 1. The average Bonchev–Trinajstić information content (AvgIpc) is 3.03. The quantitative estimate of drug-likeness (QED) is 0.938. The Labute approximate surface area is 126 Å². The van der Waals surface area contributed by atoms with Gasteiger partial charge in [-0.15, -0.1) is 0 Å². The summed E-state index contributed by atoms with van der Waals surface area (Å²) in [6.07, 6.45) is 8.54. The van der Waals surface area contributed by atoms with E-state index >= 15 is 0 Å². The smallest absolute Gasteiger partial charge is 0.0645 e. The minimum atomic E-state index is 0.419. The Bertz CT molecular complexity index is 539. The van der Waals surface area contributed by atoms with Crippen LogP contribution in [0.1, 0.15) is 31.2 Å². The molecule has 0 atom stereocenters. The lowest BCUT2D eigenvalue weighted by atomic mass is 9.91.